The Kier molecular flexibility index (Phi) is 18.5. The molecular weight excluding hydrogens is 934 g/mol. The predicted octanol–water partition coefficient (Wildman–Crippen LogP) is 6.41. The molecule has 1 fully saturated rings. The zero-order chi connectivity index (χ0) is 51.5. The lowest BCUT2D eigenvalue weighted by Gasteiger charge is -2.35. The molecule has 2 heterocycles. The van der Waals surface area contributed by atoms with Gasteiger partial charge in [-0.1, -0.05) is 54.1 Å². The molecule has 1 aromatic heterocycles. The summed E-state index contributed by atoms with van der Waals surface area (Å²) in [5.74, 6) is -5.04. The monoisotopic (exact) mass is 996 g/mol. The maximum absolute atomic E-state index is 16.3. The van der Waals surface area contributed by atoms with Crippen molar-refractivity contribution >= 4 is 41.1 Å². The molecule has 1 aliphatic rings. The number of ether oxygens (including phenoxy) is 2. The van der Waals surface area contributed by atoms with E-state index in [-0.39, 0.29) is 55.4 Å². The zero-order valence-electron chi connectivity index (χ0n) is 41.5. The van der Waals surface area contributed by atoms with Gasteiger partial charge < -0.3 is 44.3 Å². The SMILES string of the molecule is COC[C@@H]1NC(=O)[C@H](C)N(Cc2c(F)cc(F)cc2Oc2ccc(-c3cnc(CN(C)C)n3C)cc2)C(=O)C[C@@H](Cc2ccccc2)C(=O)N(C)[C@@H](C)CNC(=O)C[C@H](Cc2ccc(Cl)cc2)N(C)C1=O. The number of carbonyl (C=O) groups excluding carboxylic acids is 5. The highest BCUT2D eigenvalue weighted by Crippen LogP contribution is 2.33. The summed E-state index contributed by atoms with van der Waals surface area (Å²) >= 11 is 6.17. The fourth-order valence-corrected chi connectivity index (χ4v) is 8.63. The topological polar surface area (TPSA) is 159 Å². The molecule has 0 radical (unpaired) electrons. The number of likely N-dealkylation sites (N-methyl/N-ethyl adjacent to an activating group) is 2. The van der Waals surface area contributed by atoms with Crippen LogP contribution in [0.3, 0.4) is 0 Å². The molecule has 5 atom stereocenters. The Morgan fingerprint density at radius 2 is 1.51 bits per heavy atom. The largest absolute Gasteiger partial charge is 0.457 e. The molecule has 15 nitrogen and oxygen atoms in total. The van der Waals surface area contributed by atoms with Gasteiger partial charge in [0.2, 0.25) is 29.5 Å². The van der Waals surface area contributed by atoms with Crippen LogP contribution in [-0.2, 0) is 61.7 Å². The third-order valence-corrected chi connectivity index (χ3v) is 13.1. The van der Waals surface area contributed by atoms with Gasteiger partial charge in [0.05, 0.1) is 43.1 Å². The predicted molar refractivity (Wildman–Crippen MR) is 266 cm³/mol. The van der Waals surface area contributed by atoms with Crippen LogP contribution in [0.4, 0.5) is 8.78 Å². The number of imidazole rings is 1. The van der Waals surface area contributed by atoms with E-state index in [4.69, 9.17) is 21.1 Å². The number of halogens is 3. The molecule has 6 rings (SSSR count). The van der Waals surface area contributed by atoms with Crippen LogP contribution in [0.25, 0.3) is 11.3 Å². The van der Waals surface area contributed by atoms with E-state index in [2.05, 4.69) is 15.6 Å². The lowest BCUT2D eigenvalue weighted by atomic mass is 9.93. The van der Waals surface area contributed by atoms with Crippen LogP contribution < -0.4 is 15.4 Å². The van der Waals surface area contributed by atoms with Crippen LogP contribution in [0.1, 0.15) is 49.2 Å². The Labute approximate surface area is 419 Å². The number of methoxy groups -OCH3 is 1. The van der Waals surface area contributed by atoms with E-state index in [1.807, 2.05) is 60.9 Å². The second-order valence-corrected chi connectivity index (χ2v) is 18.8. The molecule has 0 spiro atoms. The smallest absolute Gasteiger partial charge is 0.247 e. The summed E-state index contributed by atoms with van der Waals surface area (Å²) in [5.41, 5.74) is 2.96. The van der Waals surface area contributed by atoms with Crippen molar-refractivity contribution in [2.24, 2.45) is 13.0 Å². The van der Waals surface area contributed by atoms with E-state index in [0.29, 0.717) is 17.6 Å². The standard InChI is InChI=1S/C53H63ClF2N8O7/c1-33-28-58-49(65)27-41(23-36-14-18-39(54)19-15-36)62(6)53(69)45(32-70-8)59-51(67)34(2)64(50(66)24-38(52(68)61(33)5)22-35-12-10-9-11-13-35)30-43-44(56)25-40(55)26-47(43)71-42-20-16-37(17-21-42)46-29-57-48(63(46)7)31-60(3)4/h9-21,25-26,29,33-34,38,41,45H,22-24,27-28,30-32H2,1-8H3,(H,58,65)(H,59,67)/t33-,34-,38+,41-,45-/m0/s1. The number of nitrogens with zero attached hydrogens (tertiary/aromatic N) is 6. The van der Waals surface area contributed by atoms with Gasteiger partial charge in [0.25, 0.3) is 0 Å². The first-order chi connectivity index (χ1) is 33.8. The third kappa shape index (κ3) is 14.0. The first-order valence-corrected chi connectivity index (χ1v) is 23.8. The number of hydrogen-bond acceptors (Lipinski definition) is 9. The normalized spacial score (nSPS) is 20.2. The number of benzene rings is 4. The fourth-order valence-electron chi connectivity index (χ4n) is 8.51. The van der Waals surface area contributed by atoms with Crippen molar-refractivity contribution < 1.29 is 42.2 Å². The molecule has 71 heavy (non-hydrogen) atoms. The highest BCUT2D eigenvalue weighted by molar-refractivity contribution is 6.30. The maximum atomic E-state index is 16.3. The van der Waals surface area contributed by atoms with Crippen molar-refractivity contribution in [1.82, 2.24) is 39.8 Å². The van der Waals surface area contributed by atoms with E-state index in [1.165, 1.54) is 30.9 Å². The van der Waals surface area contributed by atoms with E-state index in [0.717, 1.165) is 39.2 Å². The highest BCUT2D eigenvalue weighted by Gasteiger charge is 2.37. The van der Waals surface area contributed by atoms with Crippen molar-refractivity contribution in [1.29, 1.82) is 0 Å². The molecule has 2 N–H and O–H groups in total. The number of hydrogen-bond donors (Lipinski definition) is 2. The Hall–Kier alpha value is -6.69. The molecule has 0 saturated carbocycles. The Balaban J connectivity index is 1.38. The molecule has 1 aliphatic heterocycles. The summed E-state index contributed by atoms with van der Waals surface area (Å²) < 4.78 is 45.1. The molecule has 5 aromatic rings. The van der Waals surface area contributed by atoms with E-state index >= 15 is 8.78 Å². The van der Waals surface area contributed by atoms with Gasteiger partial charge in [0.1, 0.15) is 41.0 Å². The summed E-state index contributed by atoms with van der Waals surface area (Å²) in [6.07, 6.45) is 1.57. The van der Waals surface area contributed by atoms with Crippen molar-refractivity contribution in [2.75, 3.05) is 48.5 Å². The highest BCUT2D eigenvalue weighted by atomic mass is 35.5. The van der Waals surface area contributed by atoms with Crippen molar-refractivity contribution in [2.45, 2.75) is 76.8 Å². The lowest BCUT2D eigenvalue weighted by Crippen LogP contribution is -2.57. The maximum Gasteiger partial charge on any atom is 0.247 e. The first kappa shape index (κ1) is 53.7. The fraction of sp³-hybridized carbons (Fsp3) is 0.396. The van der Waals surface area contributed by atoms with Crippen LogP contribution in [0.15, 0.2) is 97.2 Å². The minimum Gasteiger partial charge on any atom is -0.457 e. The molecule has 18 heteroatoms. The summed E-state index contributed by atoms with van der Waals surface area (Å²) in [4.78, 5) is 82.7. The number of carbonyl (C=O) groups is 5. The molecular formula is C53H63ClF2N8O7. The van der Waals surface area contributed by atoms with Crippen LogP contribution in [0.5, 0.6) is 11.5 Å². The number of amides is 5. The van der Waals surface area contributed by atoms with Gasteiger partial charge in [-0.2, -0.15) is 0 Å². The van der Waals surface area contributed by atoms with Gasteiger partial charge in [-0.05, 0) is 88.3 Å². The number of aromatic nitrogens is 2. The first-order valence-electron chi connectivity index (χ1n) is 23.4. The van der Waals surface area contributed by atoms with Crippen LogP contribution in [0.2, 0.25) is 5.02 Å². The quantitative estimate of drug-likeness (QED) is 0.136. The van der Waals surface area contributed by atoms with E-state index in [1.54, 1.807) is 68.7 Å². The van der Waals surface area contributed by atoms with E-state index < -0.39 is 78.3 Å². The molecule has 4 aromatic carbocycles. The van der Waals surface area contributed by atoms with Gasteiger partial charge in [-0.25, -0.2) is 13.8 Å². The third-order valence-electron chi connectivity index (χ3n) is 12.9. The average molecular weight is 998 g/mol. The summed E-state index contributed by atoms with van der Waals surface area (Å²) in [7, 11) is 10.3. The van der Waals surface area contributed by atoms with Gasteiger partial charge >= 0.3 is 0 Å². The number of rotatable bonds is 13. The molecule has 0 aliphatic carbocycles. The average Bonchev–Trinajstić information content (AvgIpc) is 3.70. The van der Waals surface area contributed by atoms with Crippen LogP contribution in [0, 0.1) is 17.6 Å². The van der Waals surface area contributed by atoms with Gasteiger partial charge in [-0.3, -0.25) is 24.0 Å². The lowest BCUT2D eigenvalue weighted by molar-refractivity contribution is -0.147. The Morgan fingerprint density at radius 1 is 0.831 bits per heavy atom. The van der Waals surface area contributed by atoms with Crippen molar-refractivity contribution in [3.8, 4) is 22.8 Å². The van der Waals surface area contributed by atoms with Crippen LogP contribution >= 0.6 is 11.6 Å². The summed E-state index contributed by atoms with van der Waals surface area (Å²) in [6, 6.07) is 20.7. The minimum absolute atomic E-state index is 0.0559. The van der Waals surface area contributed by atoms with Crippen molar-refractivity contribution in [3.05, 3.63) is 136 Å². The van der Waals surface area contributed by atoms with E-state index in [9.17, 15) is 24.0 Å². The summed E-state index contributed by atoms with van der Waals surface area (Å²) in [6.45, 7) is 2.98. The second-order valence-electron chi connectivity index (χ2n) is 18.4. The second kappa shape index (κ2) is 24.4. The molecule has 0 bridgehead atoms. The number of nitrogens with one attached hydrogen (secondary N) is 2. The Bertz CT molecular complexity index is 2650. The van der Waals surface area contributed by atoms with Crippen molar-refractivity contribution in [3.63, 3.8) is 0 Å². The Morgan fingerprint density at radius 3 is 2.17 bits per heavy atom. The van der Waals surface area contributed by atoms with Gasteiger partial charge in [0.15, 0.2) is 0 Å². The summed E-state index contributed by atoms with van der Waals surface area (Å²) in [5, 5.41) is 6.16. The molecule has 1 saturated heterocycles. The molecule has 5 amide bonds. The van der Waals surface area contributed by atoms with Crippen LogP contribution in [-0.4, -0.2) is 131 Å². The minimum atomic E-state index is -1.41. The van der Waals surface area contributed by atoms with Gasteiger partial charge in [-0.15, -0.1) is 0 Å². The molecule has 0 unspecified atom stereocenters. The van der Waals surface area contributed by atoms with Gasteiger partial charge in [0, 0.05) is 82.4 Å². The zero-order valence-corrected chi connectivity index (χ0v) is 42.2. The molecule has 378 valence electrons.